The first kappa shape index (κ1) is 13.3. The first-order valence-corrected chi connectivity index (χ1v) is 6.45. The standard InChI is InChI=1S/C14H14N4O3/c1-9(15)18-7-11(16-17-18)8-20-12-4-2-10-3-5-14(19)21-13(10)6-12/h2-7,9H,8,15H2,1H3. The number of rotatable bonds is 4. The van der Waals surface area contributed by atoms with Gasteiger partial charge in [0.05, 0.1) is 12.4 Å². The van der Waals surface area contributed by atoms with E-state index in [-0.39, 0.29) is 18.4 Å². The van der Waals surface area contributed by atoms with E-state index in [1.165, 1.54) is 6.07 Å². The minimum absolute atomic E-state index is 0.235. The lowest BCUT2D eigenvalue weighted by molar-refractivity contribution is 0.301. The van der Waals surface area contributed by atoms with Gasteiger partial charge in [-0.25, -0.2) is 9.48 Å². The molecule has 3 rings (SSSR count). The maximum atomic E-state index is 11.2. The van der Waals surface area contributed by atoms with E-state index >= 15 is 0 Å². The Balaban J connectivity index is 1.76. The van der Waals surface area contributed by atoms with Crippen LogP contribution < -0.4 is 16.1 Å². The first-order valence-electron chi connectivity index (χ1n) is 6.45. The molecular formula is C14H14N4O3. The fourth-order valence-electron chi connectivity index (χ4n) is 1.87. The second-order valence-electron chi connectivity index (χ2n) is 4.67. The number of hydrogen-bond donors (Lipinski definition) is 1. The molecule has 0 bridgehead atoms. The maximum Gasteiger partial charge on any atom is 0.336 e. The van der Waals surface area contributed by atoms with Crippen molar-refractivity contribution < 1.29 is 9.15 Å². The monoisotopic (exact) mass is 286 g/mol. The normalized spacial score (nSPS) is 12.5. The highest BCUT2D eigenvalue weighted by Gasteiger charge is 2.05. The van der Waals surface area contributed by atoms with Crippen molar-refractivity contribution in [3.8, 4) is 5.75 Å². The third-order valence-corrected chi connectivity index (χ3v) is 2.96. The Morgan fingerprint density at radius 1 is 1.38 bits per heavy atom. The summed E-state index contributed by atoms with van der Waals surface area (Å²) in [6.07, 6.45) is 1.49. The van der Waals surface area contributed by atoms with Crippen LogP contribution >= 0.6 is 0 Å². The summed E-state index contributed by atoms with van der Waals surface area (Å²) in [5.41, 5.74) is 6.45. The van der Waals surface area contributed by atoms with Crippen LogP contribution in [0.15, 0.2) is 45.7 Å². The van der Waals surface area contributed by atoms with Crippen molar-refractivity contribution in [2.24, 2.45) is 5.73 Å². The molecule has 1 unspecified atom stereocenters. The molecule has 7 heteroatoms. The van der Waals surface area contributed by atoms with Gasteiger partial charge in [0.2, 0.25) is 0 Å². The second-order valence-corrected chi connectivity index (χ2v) is 4.67. The Kier molecular flexibility index (Phi) is 3.41. The van der Waals surface area contributed by atoms with Crippen LogP contribution in [0, 0.1) is 0 Å². The van der Waals surface area contributed by atoms with Crippen LogP contribution in [0.3, 0.4) is 0 Å². The molecule has 0 aliphatic carbocycles. The Labute approximate surface area is 119 Å². The molecule has 7 nitrogen and oxygen atoms in total. The van der Waals surface area contributed by atoms with Crippen molar-refractivity contribution in [2.45, 2.75) is 19.7 Å². The summed E-state index contributed by atoms with van der Waals surface area (Å²) in [5, 5.41) is 8.69. The zero-order valence-electron chi connectivity index (χ0n) is 11.4. The maximum absolute atomic E-state index is 11.2. The van der Waals surface area contributed by atoms with Gasteiger partial charge in [-0.1, -0.05) is 5.21 Å². The van der Waals surface area contributed by atoms with Crippen molar-refractivity contribution in [1.82, 2.24) is 15.0 Å². The van der Waals surface area contributed by atoms with Crippen molar-refractivity contribution in [2.75, 3.05) is 0 Å². The van der Waals surface area contributed by atoms with Crippen molar-refractivity contribution in [3.05, 3.63) is 52.6 Å². The highest BCUT2D eigenvalue weighted by atomic mass is 16.5. The largest absolute Gasteiger partial charge is 0.487 e. The van der Waals surface area contributed by atoms with E-state index in [9.17, 15) is 4.79 Å². The second kappa shape index (κ2) is 5.37. The molecule has 1 aromatic carbocycles. The lowest BCUT2D eigenvalue weighted by atomic mass is 10.2. The van der Waals surface area contributed by atoms with E-state index in [0.717, 1.165) is 5.39 Å². The minimum Gasteiger partial charge on any atom is -0.487 e. The van der Waals surface area contributed by atoms with E-state index in [1.807, 2.05) is 13.0 Å². The number of benzene rings is 1. The minimum atomic E-state index is -0.389. The summed E-state index contributed by atoms with van der Waals surface area (Å²) in [4.78, 5) is 11.2. The van der Waals surface area contributed by atoms with E-state index in [4.69, 9.17) is 14.9 Å². The lowest BCUT2D eigenvalue weighted by Crippen LogP contribution is -2.14. The average molecular weight is 286 g/mol. The fourth-order valence-corrected chi connectivity index (χ4v) is 1.87. The number of hydrogen-bond acceptors (Lipinski definition) is 6. The number of ether oxygens (including phenoxy) is 1. The average Bonchev–Trinajstić information content (AvgIpc) is 2.93. The SMILES string of the molecule is CC(N)n1cc(COc2ccc3ccc(=O)oc3c2)nn1. The van der Waals surface area contributed by atoms with E-state index in [1.54, 1.807) is 29.1 Å². The smallest absolute Gasteiger partial charge is 0.336 e. The number of aromatic nitrogens is 3. The van der Waals surface area contributed by atoms with Crippen LogP contribution in [-0.2, 0) is 6.61 Å². The van der Waals surface area contributed by atoms with Crippen LogP contribution in [-0.4, -0.2) is 15.0 Å². The van der Waals surface area contributed by atoms with Gasteiger partial charge in [0.15, 0.2) is 0 Å². The Bertz CT molecular complexity index is 822. The van der Waals surface area contributed by atoms with Crippen LogP contribution in [0.1, 0.15) is 18.8 Å². The van der Waals surface area contributed by atoms with Crippen LogP contribution in [0.2, 0.25) is 0 Å². The molecule has 2 heterocycles. The zero-order chi connectivity index (χ0) is 14.8. The van der Waals surface area contributed by atoms with Crippen LogP contribution in [0.25, 0.3) is 11.0 Å². The summed E-state index contributed by atoms with van der Waals surface area (Å²) >= 11 is 0. The Morgan fingerprint density at radius 3 is 2.95 bits per heavy atom. The quantitative estimate of drug-likeness (QED) is 0.729. The molecule has 0 saturated heterocycles. The predicted molar refractivity (Wildman–Crippen MR) is 75.7 cm³/mol. The third-order valence-electron chi connectivity index (χ3n) is 2.96. The molecule has 1 atom stereocenters. The van der Waals surface area contributed by atoms with E-state index < -0.39 is 0 Å². The predicted octanol–water partition coefficient (Wildman–Crippen LogP) is 1.44. The molecule has 0 saturated carbocycles. The van der Waals surface area contributed by atoms with Crippen molar-refractivity contribution >= 4 is 11.0 Å². The summed E-state index contributed by atoms with van der Waals surface area (Å²) in [7, 11) is 0. The molecule has 0 amide bonds. The van der Waals surface area contributed by atoms with Gasteiger partial charge in [-0.3, -0.25) is 0 Å². The molecule has 21 heavy (non-hydrogen) atoms. The molecule has 0 aliphatic rings. The number of fused-ring (bicyclic) bond motifs is 1. The zero-order valence-corrected chi connectivity index (χ0v) is 11.4. The summed E-state index contributed by atoms with van der Waals surface area (Å²) in [6.45, 7) is 2.07. The molecule has 0 radical (unpaired) electrons. The Hall–Kier alpha value is -2.67. The van der Waals surface area contributed by atoms with E-state index in [0.29, 0.717) is 17.0 Å². The third kappa shape index (κ3) is 2.92. The fraction of sp³-hybridized carbons (Fsp3) is 0.214. The first-order chi connectivity index (χ1) is 10.1. The number of nitrogens with two attached hydrogens (primary N) is 1. The topological polar surface area (TPSA) is 96.2 Å². The number of nitrogens with zero attached hydrogens (tertiary/aromatic N) is 3. The molecular weight excluding hydrogens is 272 g/mol. The van der Waals surface area contributed by atoms with Gasteiger partial charge in [-0.15, -0.1) is 5.10 Å². The van der Waals surface area contributed by atoms with Crippen molar-refractivity contribution in [3.63, 3.8) is 0 Å². The Morgan fingerprint density at radius 2 is 2.19 bits per heavy atom. The molecule has 108 valence electrons. The van der Waals surface area contributed by atoms with Gasteiger partial charge in [0.1, 0.15) is 23.6 Å². The molecule has 0 aliphatic heterocycles. The van der Waals surface area contributed by atoms with Crippen LogP contribution in [0.4, 0.5) is 0 Å². The van der Waals surface area contributed by atoms with Gasteiger partial charge in [0, 0.05) is 17.5 Å². The van der Waals surface area contributed by atoms with Gasteiger partial charge in [-0.05, 0) is 25.1 Å². The highest BCUT2D eigenvalue weighted by Crippen LogP contribution is 2.20. The van der Waals surface area contributed by atoms with Gasteiger partial charge < -0.3 is 14.9 Å². The summed E-state index contributed by atoms with van der Waals surface area (Å²) in [6, 6.07) is 8.39. The summed E-state index contributed by atoms with van der Waals surface area (Å²) < 4.78 is 12.3. The molecule has 0 spiro atoms. The molecule has 2 N–H and O–H groups in total. The molecule has 3 aromatic rings. The molecule has 0 fully saturated rings. The van der Waals surface area contributed by atoms with E-state index in [2.05, 4.69) is 10.3 Å². The lowest BCUT2D eigenvalue weighted by Gasteiger charge is -2.05. The van der Waals surface area contributed by atoms with Gasteiger partial charge in [0.25, 0.3) is 0 Å². The van der Waals surface area contributed by atoms with Gasteiger partial charge >= 0.3 is 5.63 Å². The molecule has 2 aromatic heterocycles. The summed E-state index contributed by atoms with van der Waals surface area (Å²) in [5.74, 6) is 0.590. The van der Waals surface area contributed by atoms with Crippen LogP contribution in [0.5, 0.6) is 5.75 Å². The highest BCUT2D eigenvalue weighted by molar-refractivity contribution is 5.77. The van der Waals surface area contributed by atoms with Gasteiger partial charge in [-0.2, -0.15) is 0 Å². The van der Waals surface area contributed by atoms with Crippen molar-refractivity contribution in [1.29, 1.82) is 0 Å².